The molecule has 0 heterocycles. The van der Waals surface area contributed by atoms with Gasteiger partial charge in [0, 0.05) is 13.2 Å². The molecular weight excluding hydrogens is 162 g/mol. The predicted molar refractivity (Wildman–Crippen MR) is 54.5 cm³/mol. The van der Waals surface area contributed by atoms with Gasteiger partial charge in [0.1, 0.15) is 0 Å². The van der Waals surface area contributed by atoms with Crippen molar-refractivity contribution in [2.75, 3.05) is 7.11 Å². The quantitative estimate of drug-likeness (QED) is 0.768. The summed E-state index contributed by atoms with van der Waals surface area (Å²) in [4.78, 5) is 0. The highest BCUT2D eigenvalue weighted by Gasteiger charge is 2.16. The van der Waals surface area contributed by atoms with Crippen molar-refractivity contribution in [1.29, 1.82) is 0 Å². The zero-order chi connectivity index (χ0) is 9.68. The highest BCUT2D eigenvalue weighted by atomic mass is 16.5. The van der Waals surface area contributed by atoms with E-state index in [-0.39, 0.29) is 12.1 Å². The van der Waals surface area contributed by atoms with E-state index in [0.717, 1.165) is 12.0 Å². The third-order valence-electron chi connectivity index (χ3n) is 2.24. The van der Waals surface area contributed by atoms with Crippen molar-refractivity contribution in [1.82, 2.24) is 0 Å². The highest BCUT2D eigenvalue weighted by molar-refractivity contribution is 5.18. The van der Waals surface area contributed by atoms with E-state index in [9.17, 15) is 0 Å². The molecule has 0 radical (unpaired) electrons. The zero-order valence-electron chi connectivity index (χ0n) is 8.23. The third-order valence-corrected chi connectivity index (χ3v) is 2.24. The SMILES string of the molecule is CC[C@@H](N)C(OC)c1ccccc1. The molecule has 2 N–H and O–H groups in total. The largest absolute Gasteiger partial charge is 0.375 e. The lowest BCUT2D eigenvalue weighted by molar-refractivity contribution is 0.0791. The molecule has 72 valence electrons. The third kappa shape index (κ3) is 2.54. The Morgan fingerprint density at radius 2 is 1.92 bits per heavy atom. The van der Waals surface area contributed by atoms with Crippen LogP contribution in [0, 0.1) is 0 Å². The fraction of sp³-hybridized carbons (Fsp3) is 0.455. The molecule has 13 heavy (non-hydrogen) atoms. The van der Waals surface area contributed by atoms with Crippen LogP contribution in [0.5, 0.6) is 0 Å². The van der Waals surface area contributed by atoms with Crippen LogP contribution in [0.2, 0.25) is 0 Å². The second kappa shape index (κ2) is 5.00. The average molecular weight is 179 g/mol. The Morgan fingerprint density at radius 3 is 2.38 bits per heavy atom. The van der Waals surface area contributed by atoms with Crippen LogP contribution in [0.3, 0.4) is 0 Å². The van der Waals surface area contributed by atoms with Crippen LogP contribution < -0.4 is 5.73 Å². The molecule has 0 aliphatic heterocycles. The van der Waals surface area contributed by atoms with Crippen LogP contribution in [0.1, 0.15) is 25.0 Å². The molecule has 2 nitrogen and oxygen atoms in total. The van der Waals surface area contributed by atoms with Crippen molar-refractivity contribution < 1.29 is 4.74 Å². The molecule has 1 rings (SSSR count). The molecule has 1 unspecified atom stereocenters. The number of nitrogens with two attached hydrogens (primary N) is 1. The van der Waals surface area contributed by atoms with Crippen molar-refractivity contribution in [3.05, 3.63) is 35.9 Å². The first kappa shape index (κ1) is 10.2. The zero-order valence-corrected chi connectivity index (χ0v) is 8.23. The Morgan fingerprint density at radius 1 is 1.31 bits per heavy atom. The number of rotatable bonds is 4. The minimum atomic E-state index is 0.0196. The summed E-state index contributed by atoms with van der Waals surface area (Å²) in [5.41, 5.74) is 7.09. The first-order chi connectivity index (χ1) is 6.29. The molecule has 0 aliphatic rings. The Bertz CT molecular complexity index is 235. The first-order valence-corrected chi connectivity index (χ1v) is 4.63. The van der Waals surface area contributed by atoms with Crippen molar-refractivity contribution in [3.63, 3.8) is 0 Å². The molecule has 0 saturated heterocycles. The lowest BCUT2D eigenvalue weighted by atomic mass is 10.0. The van der Waals surface area contributed by atoms with E-state index in [4.69, 9.17) is 10.5 Å². The molecule has 0 aliphatic carbocycles. The molecule has 2 atom stereocenters. The van der Waals surface area contributed by atoms with Gasteiger partial charge >= 0.3 is 0 Å². The summed E-state index contributed by atoms with van der Waals surface area (Å²) < 4.78 is 5.36. The van der Waals surface area contributed by atoms with Gasteiger partial charge in [0.05, 0.1) is 6.10 Å². The Kier molecular flexibility index (Phi) is 3.93. The van der Waals surface area contributed by atoms with E-state index in [1.54, 1.807) is 7.11 Å². The molecule has 2 heteroatoms. The summed E-state index contributed by atoms with van der Waals surface area (Å²) in [6.07, 6.45) is 0.944. The number of hydrogen-bond acceptors (Lipinski definition) is 2. The van der Waals surface area contributed by atoms with E-state index in [1.165, 1.54) is 0 Å². The Labute approximate surface area is 79.7 Å². The van der Waals surface area contributed by atoms with Gasteiger partial charge in [-0.1, -0.05) is 37.3 Å². The van der Waals surface area contributed by atoms with E-state index in [0.29, 0.717) is 0 Å². The van der Waals surface area contributed by atoms with E-state index < -0.39 is 0 Å². The summed E-state index contributed by atoms with van der Waals surface area (Å²) in [5, 5.41) is 0. The summed E-state index contributed by atoms with van der Waals surface area (Å²) in [6.45, 7) is 2.07. The lowest BCUT2D eigenvalue weighted by Gasteiger charge is -2.21. The van der Waals surface area contributed by atoms with Gasteiger partial charge in [-0.3, -0.25) is 0 Å². The molecule has 0 aromatic heterocycles. The molecular formula is C11H17NO. The van der Waals surface area contributed by atoms with Crippen molar-refractivity contribution in [3.8, 4) is 0 Å². The maximum absolute atomic E-state index is 5.93. The van der Waals surface area contributed by atoms with Gasteiger partial charge in [-0.25, -0.2) is 0 Å². The standard InChI is InChI=1S/C11H17NO/c1-3-10(12)11(13-2)9-7-5-4-6-8-9/h4-8,10-11H,3,12H2,1-2H3/t10-,11?/m1/s1. The lowest BCUT2D eigenvalue weighted by Crippen LogP contribution is -2.28. The molecule has 0 spiro atoms. The van der Waals surface area contributed by atoms with E-state index >= 15 is 0 Å². The fourth-order valence-electron chi connectivity index (χ4n) is 1.41. The minimum Gasteiger partial charge on any atom is -0.375 e. The van der Waals surface area contributed by atoms with Crippen molar-refractivity contribution in [2.24, 2.45) is 5.73 Å². The maximum atomic E-state index is 5.93. The highest BCUT2D eigenvalue weighted by Crippen LogP contribution is 2.20. The molecule has 0 amide bonds. The van der Waals surface area contributed by atoms with Crippen LogP contribution in [-0.4, -0.2) is 13.2 Å². The smallest absolute Gasteiger partial charge is 0.0971 e. The number of ether oxygens (including phenoxy) is 1. The van der Waals surface area contributed by atoms with Crippen molar-refractivity contribution in [2.45, 2.75) is 25.5 Å². The first-order valence-electron chi connectivity index (χ1n) is 4.63. The van der Waals surface area contributed by atoms with Gasteiger partial charge < -0.3 is 10.5 Å². The van der Waals surface area contributed by atoms with Gasteiger partial charge in [-0.2, -0.15) is 0 Å². The van der Waals surface area contributed by atoms with Crippen molar-refractivity contribution >= 4 is 0 Å². The summed E-state index contributed by atoms with van der Waals surface area (Å²) in [7, 11) is 1.70. The van der Waals surface area contributed by atoms with Gasteiger partial charge in [0.2, 0.25) is 0 Å². The average Bonchev–Trinajstić information content (AvgIpc) is 2.20. The molecule has 1 aromatic rings. The Hall–Kier alpha value is -0.860. The Balaban J connectivity index is 2.78. The van der Waals surface area contributed by atoms with Crippen LogP contribution in [-0.2, 0) is 4.74 Å². The molecule has 0 bridgehead atoms. The fourth-order valence-corrected chi connectivity index (χ4v) is 1.41. The summed E-state index contributed by atoms with van der Waals surface area (Å²) in [5.74, 6) is 0. The van der Waals surface area contributed by atoms with Crippen LogP contribution in [0.15, 0.2) is 30.3 Å². The number of hydrogen-bond donors (Lipinski definition) is 1. The monoisotopic (exact) mass is 179 g/mol. The van der Waals surface area contributed by atoms with Crippen LogP contribution in [0.25, 0.3) is 0 Å². The normalized spacial score (nSPS) is 15.3. The maximum Gasteiger partial charge on any atom is 0.0971 e. The second-order valence-corrected chi connectivity index (χ2v) is 3.14. The topological polar surface area (TPSA) is 35.2 Å². The van der Waals surface area contributed by atoms with E-state index in [1.807, 2.05) is 30.3 Å². The number of methoxy groups -OCH3 is 1. The van der Waals surface area contributed by atoms with Gasteiger partial charge in [-0.05, 0) is 12.0 Å². The van der Waals surface area contributed by atoms with Crippen LogP contribution >= 0.6 is 0 Å². The second-order valence-electron chi connectivity index (χ2n) is 3.14. The molecule has 0 fully saturated rings. The number of benzene rings is 1. The van der Waals surface area contributed by atoms with E-state index in [2.05, 4.69) is 6.92 Å². The summed E-state index contributed by atoms with van der Waals surface area (Å²) >= 11 is 0. The molecule has 1 aromatic carbocycles. The van der Waals surface area contributed by atoms with Crippen LogP contribution in [0.4, 0.5) is 0 Å². The minimum absolute atomic E-state index is 0.0196. The van der Waals surface area contributed by atoms with Gasteiger partial charge in [0.25, 0.3) is 0 Å². The van der Waals surface area contributed by atoms with Gasteiger partial charge in [-0.15, -0.1) is 0 Å². The van der Waals surface area contributed by atoms with Gasteiger partial charge in [0.15, 0.2) is 0 Å². The predicted octanol–water partition coefficient (Wildman–Crippen LogP) is 2.11. The summed E-state index contributed by atoms with van der Waals surface area (Å²) in [6, 6.07) is 10.2. The molecule has 0 saturated carbocycles.